The van der Waals surface area contributed by atoms with Crippen LogP contribution in [0, 0.1) is 10.1 Å². The third kappa shape index (κ3) is 4.16. The van der Waals surface area contributed by atoms with E-state index in [9.17, 15) is 10.1 Å². The Labute approximate surface area is 111 Å². The first kappa shape index (κ1) is 14.7. The first-order valence-electron chi connectivity index (χ1n) is 5.59. The SMILES string of the molecule is COC(C)(C)CCNc1ccc([N+](=O)[O-])c(Cl)c1. The minimum Gasteiger partial charge on any atom is -0.385 e. The van der Waals surface area contributed by atoms with Crippen molar-refractivity contribution in [2.45, 2.75) is 25.9 Å². The molecule has 0 spiro atoms. The van der Waals surface area contributed by atoms with Gasteiger partial charge in [0.05, 0.1) is 10.5 Å². The van der Waals surface area contributed by atoms with E-state index in [-0.39, 0.29) is 16.3 Å². The second-order valence-electron chi connectivity index (χ2n) is 4.56. The number of methoxy groups -OCH3 is 1. The number of rotatable bonds is 6. The van der Waals surface area contributed by atoms with Crippen molar-refractivity contribution in [1.82, 2.24) is 0 Å². The second kappa shape index (κ2) is 6.02. The maximum absolute atomic E-state index is 10.6. The van der Waals surface area contributed by atoms with E-state index in [2.05, 4.69) is 5.32 Å². The molecule has 0 saturated carbocycles. The molecule has 1 rings (SSSR count). The topological polar surface area (TPSA) is 64.4 Å². The van der Waals surface area contributed by atoms with E-state index in [0.717, 1.165) is 12.1 Å². The molecule has 0 aliphatic rings. The number of ether oxygens (including phenoxy) is 1. The fraction of sp³-hybridized carbons (Fsp3) is 0.500. The maximum atomic E-state index is 10.6. The Morgan fingerprint density at radius 3 is 2.67 bits per heavy atom. The summed E-state index contributed by atoms with van der Waals surface area (Å²) >= 11 is 5.81. The number of benzene rings is 1. The summed E-state index contributed by atoms with van der Waals surface area (Å²) in [6.45, 7) is 4.70. The highest BCUT2D eigenvalue weighted by atomic mass is 35.5. The molecular formula is C12H17ClN2O3. The molecular weight excluding hydrogens is 256 g/mol. The molecule has 0 amide bonds. The molecule has 1 N–H and O–H groups in total. The summed E-state index contributed by atoms with van der Waals surface area (Å²) in [4.78, 5) is 10.1. The van der Waals surface area contributed by atoms with Crippen LogP contribution in [0.2, 0.25) is 5.02 Å². The standard InChI is InChI=1S/C12H17ClN2O3/c1-12(2,18-3)6-7-14-9-4-5-11(15(16)17)10(13)8-9/h4-5,8,14H,6-7H2,1-3H3. The lowest BCUT2D eigenvalue weighted by Crippen LogP contribution is -2.25. The van der Waals surface area contributed by atoms with Crippen molar-refractivity contribution in [2.75, 3.05) is 19.0 Å². The fourth-order valence-electron chi connectivity index (χ4n) is 1.37. The smallest absolute Gasteiger partial charge is 0.288 e. The van der Waals surface area contributed by atoms with Gasteiger partial charge in [-0.2, -0.15) is 0 Å². The van der Waals surface area contributed by atoms with Crippen molar-refractivity contribution in [3.8, 4) is 0 Å². The molecule has 0 aliphatic carbocycles. The summed E-state index contributed by atoms with van der Waals surface area (Å²) in [5.74, 6) is 0. The van der Waals surface area contributed by atoms with Gasteiger partial charge in [-0.15, -0.1) is 0 Å². The van der Waals surface area contributed by atoms with Gasteiger partial charge >= 0.3 is 0 Å². The van der Waals surface area contributed by atoms with E-state index >= 15 is 0 Å². The number of nitro groups is 1. The zero-order valence-corrected chi connectivity index (χ0v) is 11.5. The van der Waals surface area contributed by atoms with Crippen molar-refractivity contribution >= 4 is 23.0 Å². The highest BCUT2D eigenvalue weighted by Gasteiger charge is 2.16. The molecule has 100 valence electrons. The summed E-state index contributed by atoms with van der Waals surface area (Å²) in [6, 6.07) is 4.59. The lowest BCUT2D eigenvalue weighted by Gasteiger charge is -2.23. The van der Waals surface area contributed by atoms with Crippen molar-refractivity contribution in [1.29, 1.82) is 0 Å². The maximum Gasteiger partial charge on any atom is 0.288 e. The van der Waals surface area contributed by atoms with Crippen LogP contribution in [0.4, 0.5) is 11.4 Å². The Kier molecular flexibility index (Phi) is 4.93. The molecule has 0 aliphatic heterocycles. The molecule has 0 atom stereocenters. The van der Waals surface area contributed by atoms with Gasteiger partial charge in [0.15, 0.2) is 0 Å². The molecule has 0 saturated heterocycles. The Morgan fingerprint density at radius 1 is 1.50 bits per heavy atom. The van der Waals surface area contributed by atoms with Crippen LogP contribution in [-0.4, -0.2) is 24.2 Å². The number of nitro benzene ring substituents is 1. The number of hydrogen-bond acceptors (Lipinski definition) is 4. The summed E-state index contributed by atoms with van der Waals surface area (Å²) < 4.78 is 5.29. The Hall–Kier alpha value is -1.33. The van der Waals surface area contributed by atoms with Crippen molar-refractivity contribution in [2.24, 2.45) is 0 Å². The van der Waals surface area contributed by atoms with E-state index in [1.165, 1.54) is 6.07 Å². The van der Waals surface area contributed by atoms with Gasteiger partial charge < -0.3 is 10.1 Å². The minimum absolute atomic E-state index is 0.0839. The first-order chi connectivity index (χ1) is 8.35. The normalized spacial score (nSPS) is 11.3. The molecule has 5 nitrogen and oxygen atoms in total. The molecule has 6 heteroatoms. The van der Waals surface area contributed by atoms with Gasteiger partial charge in [0, 0.05) is 25.4 Å². The van der Waals surface area contributed by atoms with Gasteiger partial charge in [-0.25, -0.2) is 0 Å². The van der Waals surface area contributed by atoms with Crippen LogP contribution >= 0.6 is 11.6 Å². The summed E-state index contributed by atoms with van der Waals surface area (Å²) in [6.07, 6.45) is 0.818. The highest BCUT2D eigenvalue weighted by molar-refractivity contribution is 6.32. The van der Waals surface area contributed by atoms with Crippen LogP contribution in [0.25, 0.3) is 0 Å². The van der Waals surface area contributed by atoms with Crippen LogP contribution in [0.1, 0.15) is 20.3 Å². The van der Waals surface area contributed by atoms with E-state index in [1.54, 1.807) is 19.2 Å². The Morgan fingerprint density at radius 2 is 2.17 bits per heavy atom. The third-order valence-corrected chi connectivity index (χ3v) is 3.06. The van der Waals surface area contributed by atoms with E-state index in [1.807, 2.05) is 13.8 Å². The Balaban J connectivity index is 2.59. The molecule has 18 heavy (non-hydrogen) atoms. The number of nitrogens with zero attached hydrogens (tertiary/aromatic N) is 1. The summed E-state index contributed by atoms with van der Waals surface area (Å²) in [5, 5.41) is 13.9. The van der Waals surface area contributed by atoms with Crippen LogP contribution < -0.4 is 5.32 Å². The van der Waals surface area contributed by atoms with Crippen molar-refractivity contribution in [3.05, 3.63) is 33.3 Å². The summed E-state index contributed by atoms with van der Waals surface area (Å²) in [5.41, 5.74) is 0.481. The van der Waals surface area contributed by atoms with Gasteiger partial charge in [0.1, 0.15) is 5.02 Å². The molecule has 1 aromatic rings. The lowest BCUT2D eigenvalue weighted by molar-refractivity contribution is -0.384. The zero-order valence-electron chi connectivity index (χ0n) is 10.7. The van der Waals surface area contributed by atoms with Crippen LogP contribution in [-0.2, 0) is 4.74 Å². The quantitative estimate of drug-likeness (QED) is 0.636. The van der Waals surface area contributed by atoms with Crippen LogP contribution in [0.5, 0.6) is 0 Å². The predicted octanol–water partition coefficient (Wildman–Crippen LogP) is 3.48. The molecule has 0 bridgehead atoms. The predicted molar refractivity (Wildman–Crippen MR) is 72.3 cm³/mol. The van der Waals surface area contributed by atoms with E-state index in [4.69, 9.17) is 16.3 Å². The fourth-order valence-corrected chi connectivity index (χ4v) is 1.62. The van der Waals surface area contributed by atoms with Gasteiger partial charge in [-0.05, 0) is 32.4 Å². The second-order valence-corrected chi connectivity index (χ2v) is 4.97. The average molecular weight is 273 g/mol. The molecule has 0 radical (unpaired) electrons. The molecule has 1 aromatic carbocycles. The Bertz CT molecular complexity index is 435. The first-order valence-corrected chi connectivity index (χ1v) is 5.96. The average Bonchev–Trinajstić information content (AvgIpc) is 2.28. The molecule has 0 unspecified atom stereocenters. The zero-order chi connectivity index (χ0) is 13.8. The van der Waals surface area contributed by atoms with Gasteiger partial charge in [0.25, 0.3) is 5.69 Å². The van der Waals surface area contributed by atoms with Crippen LogP contribution in [0.3, 0.4) is 0 Å². The lowest BCUT2D eigenvalue weighted by atomic mass is 10.1. The van der Waals surface area contributed by atoms with Gasteiger partial charge in [-0.1, -0.05) is 11.6 Å². The molecule has 0 heterocycles. The number of halogens is 1. The monoisotopic (exact) mass is 272 g/mol. The highest BCUT2D eigenvalue weighted by Crippen LogP contribution is 2.27. The number of hydrogen-bond donors (Lipinski definition) is 1. The molecule has 0 fully saturated rings. The van der Waals surface area contributed by atoms with E-state index in [0.29, 0.717) is 6.54 Å². The third-order valence-electron chi connectivity index (χ3n) is 2.75. The number of anilines is 1. The van der Waals surface area contributed by atoms with E-state index < -0.39 is 4.92 Å². The van der Waals surface area contributed by atoms with Gasteiger partial charge in [-0.3, -0.25) is 10.1 Å². The summed E-state index contributed by atoms with van der Waals surface area (Å²) in [7, 11) is 1.67. The van der Waals surface area contributed by atoms with Gasteiger partial charge in [0.2, 0.25) is 0 Å². The van der Waals surface area contributed by atoms with Crippen molar-refractivity contribution < 1.29 is 9.66 Å². The largest absolute Gasteiger partial charge is 0.385 e. The number of nitrogens with one attached hydrogen (secondary N) is 1. The van der Waals surface area contributed by atoms with Crippen molar-refractivity contribution in [3.63, 3.8) is 0 Å². The van der Waals surface area contributed by atoms with Crippen LogP contribution in [0.15, 0.2) is 18.2 Å². The minimum atomic E-state index is -0.500. The molecule has 0 aromatic heterocycles.